The topological polar surface area (TPSA) is 92.2 Å². The zero-order valence-electron chi connectivity index (χ0n) is 19.8. The van der Waals surface area contributed by atoms with E-state index in [9.17, 15) is 10.1 Å². The summed E-state index contributed by atoms with van der Waals surface area (Å²) in [6.07, 6.45) is 9.10. The number of amides is 1. The van der Waals surface area contributed by atoms with Crippen LogP contribution in [-0.4, -0.2) is 41.0 Å². The van der Waals surface area contributed by atoms with Gasteiger partial charge >= 0.3 is 0 Å². The van der Waals surface area contributed by atoms with Crippen molar-refractivity contribution in [3.63, 3.8) is 0 Å². The van der Waals surface area contributed by atoms with E-state index < -0.39 is 0 Å². The lowest BCUT2D eigenvalue weighted by Crippen LogP contribution is -2.21. The van der Waals surface area contributed by atoms with Gasteiger partial charge in [0, 0.05) is 38.1 Å². The molecule has 3 heterocycles. The highest BCUT2D eigenvalue weighted by atomic mass is 16.5. The number of ether oxygens (including phenoxy) is 1. The quantitative estimate of drug-likeness (QED) is 0.367. The zero-order valence-corrected chi connectivity index (χ0v) is 19.8. The summed E-state index contributed by atoms with van der Waals surface area (Å²) in [4.78, 5) is 22.5. The largest absolute Gasteiger partial charge is 0.489 e. The highest BCUT2D eigenvalue weighted by Gasteiger charge is 2.19. The van der Waals surface area contributed by atoms with E-state index in [1.54, 1.807) is 38.6 Å². The summed E-state index contributed by atoms with van der Waals surface area (Å²) in [7, 11) is 3.41. The monoisotopic (exact) mass is 466 g/mol. The minimum atomic E-state index is -0.109. The summed E-state index contributed by atoms with van der Waals surface area (Å²) in [6, 6.07) is 15.2. The molecule has 1 fully saturated rings. The van der Waals surface area contributed by atoms with Crippen LogP contribution in [0.4, 0.5) is 0 Å². The van der Waals surface area contributed by atoms with Crippen molar-refractivity contribution in [1.82, 2.24) is 14.9 Å². The molecule has 7 nitrogen and oxygen atoms in total. The molecule has 176 valence electrons. The van der Waals surface area contributed by atoms with Gasteiger partial charge in [-0.3, -0.25) is 14.8 Å². The first kappa shape index (κ1) is 22.6. The normalized spacial score (nSPS) is 14.0. The molecule has 35 heavy (non-hydrogen) atoms. The second-order valence-electron chi connectivity index (χ2n) is 9.02. The molecule has 1 aliphatic carbocycles. The number of furan rings is 1. The van der Waals surface area contributed by atoms with Crippen LogP contribution in [0, 0.1) is 11.3 Å². The third-order valence-corrected chi connectivity index (χ3v) is 6.34. The van der Waals surface area contributed by atoms with E-state index in [1.807, 2.05) is 30.3 Å². The number of hydrogen-bond donors (Lipinski definition) is 0. The van der Waals surface area contributed by atoms with Gasteiger partial charge in [-0.05, 0) is 61.6 Å². The number of carbonyl (C=O) groups excluding carboxylic acids is 1. The lowest BCUT2D eigenvalue weighted by atomic mass is 9.97. The van der Waals surface area contributed by atoms with Gasteiger partial charge in [0.15, 0.2) is 11.3 Å². The van der Waals surface area contributed by atoms with E-state index in [1.165, 1.54) is 24.2 Å². The number of benzene rings is 1. The molecule has 1 amide bonds. The Morgan fingerprint density at radius 1 is 1.09 bits per heavy atom. The molecule has 0 spiro atoms. The van der Waals surface area contributed by atoms with Gasteiger partial charge in [0.2, 0.25) is 0 Å². The molecule has 0 aliphatic heterocycles. The van der Waals surface area contributed by atoms with Crippen molar-refractivity contribution >= 4 is 17.0 Å². The minimum Gasteiger partial charge on any atom is -0.489 e. The van der Waals surface area contributed by atoms with Gasteiger partial charge in [0.1, 0.15) is 23.0 Å². The molecule has 4 aromatic rings. The predicted molar refractivity (Wildman–Crippen MR) is 133 cm³/mol. The molecule has 1 aliphatic rings. The average molecular weight is 467 g/mol. The van der Waals surface area contributed by atoms with E-state index in [-0.39, 0.29) is 12.0 Å². The molecule has 5 rings (SSSR count). The van der Waals surface area contributed by atoms with E-state index >= 15 is 0 Å². The van der Waals surface area contributed by atoms with E-state index in [2.05, 4.69) is 16.0 Å². The number of nitriles is 1. The number of hydrogen-bond acceptors (Lipinski definition) is 6. The minimum absolute atomic E-state index is 0.109. The van der Waals surface area contributed by atoms with E-state index in [0.29, 0.717) is 39.4 Å². The second-order valence-corrected chi connectivity index (χ2v) is 9.02. The summed E-state index contributed by atoms with van der Waals surface area (Å²) in [5.74, 6) is 1.08. The van der Waals surface area contributed by atoms with Gasteiger partial charge in [-0.25, -0.2) is 0 Å². The second kappa shape index (κ2) is 9.59. The Morgan fingerprint density at radius 3 is 2.63 bits per heavy atom. The smallest absolute Gasteiger partial charge is 0.254 e. The van der Waals surface area contributed by atoms with Gasteiger partial charge < -0.3 is 14.1 Å². The third-order valence-electron chi connectivity index (χ3n) is 6.34. The fraction of sp³-hybridized carbons (Fsp3) is 0.286. The Hall–Kier alpha value is -4.18. The summed E-state index contributed by atoms with van der Waals surface area (Å²) >= 11 is 0. The molecule has 0 bridgehead atoms. The fourth-order valence-corrected chi connectivity index (χ4v) is 4.47. The Morgan fingerprint density at radius 2 is 1.91 bits per heavy atom. The van der Waals surface area contributed by atoms with Crippen LogP contribution < -0.4 is 4.74 Å². The number of pyridine rings is 2. The lowest BCUT2D eigenvalue weighted by Gasteiger charge is -2.23. The van der Waals surface area contributed by atoms with Crippen molar-refractivity contribution in [2.24, 2.45) is 0 Å². The maximum absolute atomic E-state index is 12.1. The van der Waals surface area contributed by atoms with E-state index in [4.69, 9.17) is 9.15 Å². The van der Waals surface area contributed by atoms with Gasteiger partial charge in [-0.1, -0.05) is 12.5 Å². The summed E-state index contributed by atoms with van der Waals surface area (Å²) in [6.45, 7) is 0. The van der Waals surface area contributed by atoms with Crippen molar-refractivity contribution in [1.29, 1.82) is 5.26 Å². The number of rotatable bonds is 5. The van der Waals surface area contributed by atoms with Crippen molar-refractivity contribution in [2.45, 2.75) is 38.2 Å². The summed E-state index contributed by atoms with van der Waals surface area (Å²) < 4.78 is 12.3. The molecular weight excluding hydrogens is 440 g/mol. The first-order valence-electron chi connectivity index (χ1n) is 11.8. The number of carbonyl (C=O) groups is 1. The first-order chi connectivity index (χ1) is 17.0. The molecule has 0 radical (unpaired) electrons. The maximum Gasteiger partial charge on any atom is 0.254 e. The fourth-order valence-electron chi connectivity index (χ4n) is 4.47. The molecule has 0 unspecified atom stereocenters. The van der Waals surface area contributed by atoms with Crippen LogP contribution in [0.2, 0.25) is 0 Å². The molecular formula is C28H26N4O3. The Bertz CT molecular complexity index is 1410. The van der Waals surface area contributed by atoms with E-state index in [0.717, 1.165) is 24.0 Å². The van der Waals surface area contributed by atoms with Gasteiger partial charge in [0.05, 0.1) is 17.2 Å². The molecule has 3 aromatic heterocycles. The lowest BCUT2D eigenvalue weighted by molar-refractivity contribution is 0.0827. The number of fused-ring (bicyclic) bond motifs is 1. The average Bonchev–Trinajstić information content (AvgIpc) is 3.34. The summed E-state index contributed by atoms with van der Waals surface area (Å²) in [5, 5.41) is 9.78. The van der Waals surface area contributed by atoms with Gasteiger partial charge in [0.25, 0.3) is 5.91 Å². The Labute approximate surface area is 204 Å². The highest BCUT2D eigenvalue weighted by Crippen LogP contribution is 2.35. The summed E-state index contributed by atoms with van der Waals surface area (Å²) in [5.41, 5.74) is 4.61. The van der Waals surface area contributed by atoms with Crippen molar-refractivity contribution in [3.05, 3.63) is 66.0 Å². The Balaban J connectivity index is 1.46. The maximum atomic E-state index is 12.1. The molecule has 1 saturated carbocycles. The Kier molecular flexibility index (Phi) is 6.19. The van der Waals surface area contributed by atoms with Crippen LogP contribution in [-0.2, 0) is 0 Å². The number of aromatic nitrogens is 2. The molecule has 0 atom stereocenters. The van der Waals surface area contributed by atoms with Crippen LogP contribution in [0.25, 0.3) is 33.7 Å². The van der Waals surface area contributed by atoms with Crippen molar-refractivity contribution in [3.8, 4) is 34.4 Å². The third kappa shape index (κ3) is 4.60. The van der Waals surface area contributed by atoms with Crippen LogP contribution in [0.3, 0.4) is 0 Å². The molecule has 0 saturated heterocycles. The first-order valence-corrected chi connectivity index (χ1v) is 11.8. The van der Waals surface area contributed by atoms with Gasteiger partial charge in [-0.2, -0.15) is 5.26 Å². The molecule has 1 aromatic carbocycles. The van der Waals surface area contributed by atoms with Crippen molar-refractivity contribution < 1.29 is 13.9 Å². The highest BCUT2D eigenvalue weighted by molar-refractivity contribution is 5.94. The zero-order chi connectivity index (χ0) is 24.4. The predicted octanol–water partition coefficient (Wildman–Crippen LogP) is 5.84. The molecule has 7 heteroatoms. The molecule has 0 N–H and O–H groups in total. The SMILES string of the molecule is CN(C)C(=O)c1ccc(-c2cc3nccc(-c4ccc(OC5CCCCC5)c(C#N)c4)c3o2)nc1. The van der Waals surface area contributed by atoms with Crippen LogP contribution >= 0.6 is 0 Å². The van der Waals surface area contributed by atoms with Crippen LogP contribution in [0.15, 0.2) is 59.3 Å². The van der Waals surface area contributed by atoms with Crippen LogP contribution in [0.5, 0.6) is 5.75 Å². The number of nitrogens with zero attached hydrogens (tertiary/aromatic N) is 4. The van der Waals surface area contributed by atoms with Crippen molar-refractivity contribution in [2.75, 3.05) is 14.1 Å². The van der Waals surface area contributed by atoms with Gasteiger partial charge in [-0.15, -0.1) is 0 Å². The van der Waals surface area contributed by atoms with Crippen LogP contribution in [0.1, 0.15) is 48.0 Å². The standard InChI is InChI=1S/C28H26N4O3/c1-32(2)28(33)19-8-10-23(31-17-19)26-15-24-27(35-26)22(12-13-30-24)18-9-11-25(20(14-18)16-29)34-21-6-4-3-5-7-21/h8-15,17,21H,3-7H2,1-2H3.